The molecular formula is C25H32F5N5O5S2. The van der Waals surface area contributed by atoms with E-state index < -0.39 is 45.2 Å². The Labute approximate surface area is 243 Å². The summed E-state index contributed by atoms with van der Waals surface area (Å²) in [5.74, 6) is -5.52. The Hall–Kier alpha value is -2.89. The molecule has 0 spiro atoms. The zero-order valence-electron chi connectivity index (χ0n) is 22.7. The second kappa shape index (κ2) is 14.1. The minimum Gasteiger partial charge on any atom is -0.475 e. The average molecular weight is 642 g/mol. The lowest BCUT2D eigenvalue weighted by atomic mass is 10.1. The van der Waals surface area contributed by atoms with Gasteiger partial charge in [-0.15, -0.1) is 0 Å². The number of rotatable bonds is 9. The number of ketones is 1. The van der Waals surface area contributed by atoms with Crippen LogP contribution < -0.4 is 11.1 Å². The van der Waals surface area contributed by atoms with Crippen LogP contribution >= 0.6 is 11.3 Å². The lowest BCUT2D eigenvalue weighted by molar-refractivity contribution is -0.192. The summed E-state index contributed by atoms with van der Waals surface area (Å²) < 4.78 is 87.0. The summed E-state index contributed by atoms with van der Waals surface area (Å²) >= 11 is 0.936. The third-order valence-corrected chi connectivity index (χ3v) is 9.97. The van der Waals surface area contributed by atoms with E-state index in [1.54, 1.807) is 4.31 Å². The number of thiazole rings is 1. The topological polar surface area (TPSA) is 146 Å². The van der Waals surface area contributed by atoms with E-state index in [2.05, 4.69) is 15.2 Å². The monoisotopic (exact) mass is 641 g/mol. The number of hydrogen-bond acceptors (Lipinski definition) is 9. The van der Waals surface area contributed by atoms with Crippen molar-refractivity contribution < 1.29 is 45.1 Å². The van der Waals surface area contributed by atoms with Gasteiger partial charge in [0.15, 0.2) is 5.13 Å². The summed E-state index contributed by atoms with van der Waals surface area (Å²) in [6, 6.07) is 3.65. The molecule has 1 aliphatic heterocycles. The molecule has 234 valence electrons. The van der Waals surface area contributed by atoms with Crippen molar-refractivity contribution in [2.45, 2.75) is 56.8 Å². The number of benzene rings is 1. The molecule has 1 aromatic heterocycles. The molecule has 0 unspecified atom stereocenters. The van der Waals surface area contributed by atoms with E-state index in [1.807, 2.05) is 7.05 Å². The second-order valence-corrected chi connectivity index (χ2v) is 13.1. The summed E-state index contributed by atoms with van der Waals surface area (Å²) in [7, 11) is -1.34. The molecule has 17 heteroatoms. The molecule has 0 amide bonds. The number of carboxylic acid groups (broad SMARTS) is 1. The summed E-state index contributed by atoms with van der Waals surface area (Å²) in [6.07, 6.45) is 0.755. The van der Waals surface area contributed by atoms with E-state index in [-0.39, 0.29) is 22.5 Å². The van der Waals surface area contributed by atoms with Crippen LogP contribution in [0.25, 0.3) is 0 Å². The number of sulfonamides is 1. The van der Waals surface area contributed by atoms with E-state index in [0.29, 0.717) is 43.6 Å². The number of carbonyl (C=O) groups excluding carboxylic acids is 1. The van der Waals surface area contributed by atoms with Crippen LogP contribution in [0.2, 0.25) is 0 Å². The van der Waals surface area contributed by atoms with Gasteiger partial charge in [-0.2, -0.15) is 13.2 Å². The number of nitrogens with two attached hydrogens (primary N) is 1. The number of hydrogen-bond donors (Lipinski definition) is 3. The van der Waals surface area contributed by atoms with E-state index in [4.69, 9.17) is 15.6 Å². The van der Waals surface area contributed by atoms with Crippen molar-refractivity contribution in [2.75, 3.05) is 43.5 Å². The fourth-order valence-corrected chi connectivity index (χ4v) is 7.21. The SMILES string of the molecule is CN(CCS(=O)(=O)N1CCC(Nc2nc(N)c(C(=O)c3c(F)cccc3F)s2)CC1)C1CCCC1.O=C(O)C(F)(F)F. The number of alkyl halides is 3. The number of carboxylic acids is 1. The maximum Gasteiger partial charge on any atom is 0.490 e. The molecule has 4 rings (SSSR count). The minimum atomic E-state index is -5.08. The van der Waals surface area contributed by atoms with Crippen LogP contribution in [0.3, 0.4) is 0 Å². The fraction of sp³-hybridized carbons (Fsp3) is 0.560. The zero-order chi connectivity index (χ0) is 31.2. The Balaban J connectivity index is 0.000000616. The zero-order valence-corrected chi connectivity index (χ0v) is 24.3. The molecule has 10 nitrogen and oxygen atoms in total. The van der Waals surface area contributed by atoms with Crippen molar-refractivity contribution in [3.63, 3.8) is 0 Å². The molecule has 0 atom stereocenters. The van der Waals surface area contributed by atoms with Gasteiger partial charge in [0.1, 0.15) is 22.3 Å². The first-order valence-corrected chi connectivity index (χ1v) is 15.5. The molecule has 2 aliphatic rings. The number of piperidine rings is 1. The van der Waals surface area contributed by atoms with Crippen LogP contribution in [0.5, 0.6) is 0 Å². The maximum atomic E-state index is 14.0. The van der Waals surface area contributed by atoms with Crippen LogP contribution in [0.1, 0.15) is 53.8 Å². The first-order valence-electron chi connectivity index (χ1n) is 13.1. The van der Waals surface area contributed by atoms with Crippen molar-refractivity contribution in [1.29, 1.82) is 0 Å². The number of aliphatic carboxylic acids is 1. The maximum absolute atomic E-state index is 14.0. The average Bonchev–Trinajstić information content (AvgIpc) is 3.57. The molecule has 2 heterocycles. The number of nitrogens with one attached hydrogen (secondary N) is 1. The quantitative estimate of drug-likeness (QED) is 0.274. The molecule has 42 heavy (non-hydrogen) atoms. The van der Waals surface area contributed by atoms with Gasteiger partial charge in [0.05, 0.1) is 11.3 Å². The minimum absolute atomic E-state index is 0.0390. The third kappa shape index (κ3) is 8.81. The highest BCUT2D eigenvalue weighted by Crippen LogP contribution is 2.31. The van der Waals surface area contributed by atoms with Crippen molar-refractivity contribution in [3.05, 3.63) is 40.3 Å². The Morgan fingerprint density at radius 3 is 2.21 bits per heavy atom. The fourth-order valence-electron chi connectivity index (χ4n) is 4.75. The molecule has 0 bridgehead atoms. The molecule has 2 fully saturated rings. The van der Waals surface area contributed by atoms with Gasteiger partial charge in [0.25, 0.3) is 0 Å². The summed E-state index contributed by atoms with van der Waals surface area (Å²) in [5.41, 5.74) is 5.21. The van der Waals surface area contributed by atoms with Gasteiger partial charge in [-0.25, -0.2) is 31.3 Å². The van der Waals surface area contributed by atoms with E-state index in [1.165, 1.54) is 18.9 Å². The molecule has 2 aromatic rings. The number of carbonyl (C=O) groups is 2. The second-order valence-electron chi connectivity index (χ2n) is 10.0. The first kappa shape index (κ1) is 33.6. The number of nitrogen functional groups attached to an aromatic ring is 1. The lowest BCUT2D eigenvalue weighted by Crippen LogP contribution is -2.45. The van der Waals surface area contributed by atoms with Crippen LogP contribution in [0.15, 0.2) is 18.2 Å². The number of nitrogens with zero attached hydrogens (tertiary/aromatic N) is 3. The van der Waals surface area contributed by atoms with Crippen LogP contribution in [-0.2, 0) is 14.8 Å². The molecule has 1 aromatic carbocycles. The summed E-state index contributed by atoms with van der Waals surface area (Å²) in [4.78, 5) is 27.8. The summed E-state index contributed by atoms with van der Waals surface area (Å²) in [6.45, 7) is 1.31. The Morgan fingerprint density at radius 1 is 1.14 bits per heavy atom. The van der Waals surface area contributed by atoms with Crippen LogP contribution in [0.4, 0.5) is 32.9 Å². The predicted molar refractivity (Wildman–Crippen MR) is 147 cm³/mol. The number of aromatic nitrogens is 1. The van der Waals surface area contributed by atoms with Gasteiger partial charge >= 0.3 is 12.1 Å². The van der Waals surface area contributed by atoms with Crippen LogP contribution in [0, 0.1) is 11.6 Å². The molecule has 1 aliphatic carbocycles. The van der Waals surface area contributed by atoms with Gasteiger partial charge in [-0.3, -0.25) is 4.79 Å². The lowest BCUT2D eigenvalue weighted by Gasteiger charge is -2.32. The van der Waals surface area contributed by atoms with Gasteiger partial charge in [-0.05, 0) is 44.9 Å². The first-order chi connectivity index (χ1) is 19.6. The smallest absolute Gasteiger partial charge is 0.475 e. The molecule has 4 N–H and O–H groups in total. The van der Waals surface area contributed by atoms with Crippen molar-refractivity contribution in [3.8, 4) is 0 Å². The Kier molecular flexibility index (Phi) is 11.2. The normalized spacial score (nSPS) is 17.2. The largest absolute Gasteiger partial charge is 0.490 e. The highest BCUT2D eigenvalue weighted by Gasteiger charge is 2.38. The van der Waals surface area contributed by atoms with Gasteiger partial charge in [-0.1, -0.05) is 30.2 Å². The molecule has 1 saturated carbocycles. The van der Waals surface area contributed by atoms with Crippen molar-refractivity contribution >= 4 is 44.1 Å². The molecule has 1 saturated heterocycles. The Bertz CT molecular complexity index is 1340. The van der Waals surface area contributed by atoms with Crippen LogP contribution in [-0.4, -0.2) is 90.2 Å². The van der Waals surface area contributed by atoms with Gasteiger partial charge in [0.2, 0.25) is 15.8 Å². The van der Waals surface area contributed by atoms with E-state index >= 15 is 0 Å². The van der Waals surface area contributed by atoms with Crippen molar-refractivity contribution in [2.24, 2.45) is 0 Å². The standard InChI is InChI=1S/C23H31F2N5O3S2.C2HF3O2/c1-29(16-5-2-3-6-16)13-14-35(32,33)30-11-9-15(10-12-30)27-23-28-22(26)21(34-23)20(31)19-17(24)7-4-8-18(19)25;3-2(4,5)1(6)7/h4,7-8,15-16H,2-3,5-6,9-14,26H2,1H3,(H,27,28);(H,6,7). The van der Waals surface area contributed by atoms with Crippen molar-refractivity contribution in [1.82, 2.24) is 14.2 Å². The highest BCUT2D eigenvalue weighted by atomic mass is 32.2. The van der Waals surface area contributed by atoms with Gasteiger partial charge in [0, 0.05) is 31.7 Å². The number of halogens is 5. The summed E-state index contributed by atoms with van der Waals surface area (Å²) in [5, 5.41) is 10.7. The van der Waals surface area contributed by atoms with E-state index in [0.717, 1.165) is 36.3 Å². The third-order valence-electron chi connectivity index (χ3n) is 7.12. The molecular weight excluding hydrogens is 609 g/mol. The molecule has 0 radical (unpaired) electrons. The van der Waals surface area contributed by atoms with Gasteiger partial charge < -0.3 is 21.1 Å². The Morgan fingerprint density at radius 2 is 1.69 bits per heavy atom. The highest BCUT2D eigenvalue weighted by molar-refractivity contribution is 7.89. The number of anilines is 2. The predicted octanol–water partition coefficient (Wildman–Crippen LogP) is 3.95. The van der Waals surface area contributed by atoms with E-state index in [9.17, 15) is 35.2 Å².